The summed E-state index contributed by atoms with van der Waals surface area (Å²) >= 11 is 0. The van der Waals surface area contributed by atoms with E-state index in [1.807, 2.05) is 0 Å². The van der Waals surface area contributed by atoms with Crippen LogP contribution in [0.5, 0.6) is 0 Å². The lowest BCUT2D eigenvalue weighted by molar-refractivity contribution is -0.188. The van der Waals surface area contributed by atoms with Gasteiger partial charge < -0.3 is 19.5 Å². The van der Waals surface area contributed by atoms with Gasteiger partial charge in [0.2, 0.25) is 5.91 Å². The van der Waals surface area contributed by atoms with Crippen LogP contribution < -0.4 is 0 Å². The van der Waals surface area contributed by atoms with Crippen molar-refractivity contribution in [1.29, 1.82) is 0 Å². The molecule has 1 amide bonds. The van der Waals surface area contributed by atoms with Crippen molar-refractivity contribution in [2.75, 3.05) is 39.5 Å². The molecule has 0 bridgehead atoms. The Bertz CT molecular complexity index is 374. The molecule has 0 saturated carbocycles. The fourth-order valence-corrected chi connectivity index (χ4v) is 2.10. The molecule has 2 atom stereocenters. The van der Waals surface area contributed by atoms with Gasteiger partial charge >= 0.3 is 12.1 Å². The zero-order valence-electron chi connectivity index (χ0n) is 11.6. The van der Waals surface area contributed by atoms with Crippen molar-refractivity contribution in [1.82, 2.24) is 4.90 Å². The van der Waals surface area contributed by atoms with E-state index in [9.17, 15) is 22.8 Å². The molecule has 0 radical (unpaired) electrons. The summed E-state index contributed by atoms with van der Waals surface area (Å²) in [5.74, 6) is -5.87. The smallest absolute Gasteiger partial charge is 0.394 e. The zero-order valence-corrected chi connectivity index (χ0v) is 11.6. The summed E-state index contributed by atoms with van der Waals surface area (Å²) in [7, 11) is 0. The topological polar surface area (TPSA) is 76.1 Å². The third kappa shape index (κ3) is 5.16. The Balaban J connectivity index is 2.49. The van der Waals surface area contributed by atoms with E-state index in [-0.39, 0.29) is 19.8 Å². The number of halogens is 3. The first-order valence-electron chi connectivity index (χ1n) is 6.50. The fourth-order valence-electron chi connectivity index (χ4n) is 2.10. The lowest BCUT2D eigenvalue weighted by Crippen LogP contribution is -2.35. The van der Waals surface area contributed by atoms with Gasteiger partial charge in [0.1, 0.15) is 6.61 Å². The number of carboxylic acid groups (broad SMARTS) is 1. The molecule has 1 aliphatic heterocycles. The predicted molar refractivity (Wildman–Crippen MR) is 64.6 cm³/mol. The lowest BCUT2D eigenvalue weighted by atomic mass is 9.96. The largest absolute Gasteiger partial charge is 0.481 e. The maximum Gasteiger partial charge on any atom is 0.394 e. The van der Waals surface area contributed by atoms with Gasteiger partial charge in [-0.05, 0) is 6.92 Å². The van der Waals surface area contributed by atoms with Crippen LogP contribution in [0.25, 0.3) is 0 Å². The minimum atomic E-state index is -4.64. The molecule has 1 N–H and O–H groups in total. The fraction of sp³-hybridized carbons (Fsp3) is 0.833. The highest BCUT2D eigenvalue weighted by Crippen LogP contribution is 2.37. The van der Waals surface area contributed by atoms with Crippen LogP contribution in [-0.4, -0.2) is 67.6 Å². The summed E-state index contributed by atoms with van der Waals surface area (Å²) in [5.41, 5.74) is 0. The highest BCUT2D eigenvalue weighted by atomic mass is 19.4. The van der Waals surface area contributed by atoms with Gasteiger partial charge in [-0.1, -0.05) is 0 Å². The molecule has 0 aromatic heterocycles. The maximum absolute atomic E-state index is 12.8. The van der Waals surface area contributed by atoms with Crippen molar-refractivity contribution in [3.63, 3.8) is 0 Å². The van der Waals surface area contributed by atoms with Gasteiger partial charge in [-0.25, -0.2) is 0 Å². The Morgan fingerprint density at radius 1 is 1.24 bits per heavy atom. The molecule has 122 valence electrons. The van der Waals surface area contributed by atoms with Crippen LogP contribution >= 0.6 is 0 Å². The molecule has 1 heterocycles. The molecule has 1 fully saturated rings. The molecular formula is C12H18F3NO5. The number of carbonyl (C=O) groups is 2. The van der Waals surface area contributed by atoms with E-state index in [4.69, 9.17) is 14.6 Å². The maximum atomic E-state index is 12.8. The highest BCUT2D eigenvalue weighted by molar-refractivity contribution is 5.80. The number of carboxylic acids is 1. The molecule has 0 aliphatic carbocycles. The highest BCUT2D eigenvalue weighted by Gasteiger charge is 2.53. The quantitative estimate of drug-likeness (QED) is 0.702. The minimum absolute atomic E-state index is 0.151. The summed E-state index contributed by atoms with van der Waals surface area (Å²) in [6.07, 6.45) is -4.64. The Morgan fingerprint density at radius 3 is 2.33 bits per heavy atom. The van der Waals surface area contributed by atoms with Crippen LogP contribution in [0, 0.1) is 11.8 Å². The Kier molecular flexibility index (Phi) is 6.41. The number of ether oxygens (including phenoxy) is 2. The van der Waals surface area contributed by atoms with Crippen LogP contribution in [0.15, 0.2) is 0 Å². The molecule has 21 heavy (non-hydrogen) atoms. The summed E-state index contributed by atoms with van der Waals surface area (Å²) < 4.78 is 48.2. The third-order valence-corrected chi connectivity index (χ3v) is 3.21. The monoisotopic (exact) mass is 313 g/mol. The molecule has 0 spiro atoms. The molecule has 1 saturated heterocycles. The Labute approximate surface area is 119 Å². The van der Waals surface area contributed by atoms with Gasteiger partial charge in [-0.3, -0.25) is 9.59 Å². The molecule has 1 aliphatic rings. The van der Waals surface area contributed by atoms with Crippen LogP contribution in [-0.2, 0) is 19.1 Å². The molecule has 0 aromatic carbocycles. The van der Waals surface area contributed by atoms with E-state index < -0.39 is 43.0 Å². The Morgan fingerprint density at radius 2 is 1.86 bits per heavy atom. The van der Waals surface area contributed by atoms with Crippen LogP contribution in [0.2, 0.25) is 0 Å². The van der Waals surface area contributed by atoms with E-state index in [2.05, 4.69) is 0 Å². The zero-order chi connectivity index (χ0) is 16.0. The van der Waals surface area contributed by atoms with E-state index in [1.54, 1.807) is 6.92 Å². The van der Waals surface area contributed by atoms with Gasteiger partial charge in [0, 0.05) is 19.7 Å². The molecule has 0 unspecified atom stereocenters. The van der Waals surface area contributed by atoms with E-state index in [1.165, 1.54) is 0 Å². The predicted octanol–water partition coefficient (Wildman–Crippen LogP) is 0.761. The second-order valence-corrected chi connectivity index (χ2v) is 4.64. The van der Waals surface area contributed by atoms with Crippen LogP contribution in [0.4, 0.5) is 13.2 Å². The summed E-state index contributed by atoms with van der Waals surface area (Å²) in [6, 6.07) is 0. The molecule has 0 aromatic rings. The number of alkyl halides is 3. The number of likely N-dealkylation sites (tertiary alicyclic amines) is 1. The molecular weight excluding hydrogens is 295 g/mol. The normalized spacial score (nSPS) is 22.6. The number of nitrogens with zero attached hydrogens (tertiary/aromatic N) is 1. The third-order valence-electron chi connectivity index (χ3n) is 3.21. The van der Waals surface area contributed by atoms with Crippen molar-refractivity contribution in [3.05, 3.63) is 0 Å². The van der Waals surface area contributed by atoms with E-state index in [0.717, 1.165) is 4.90 Å². The number of hydrogen-bond donors (Lipinski definition) is 1. The van der Waals surface area contributed by atoms with E-state index >= 15 is 0 Å². The SMILES string of the molecule is CCOCCOCC(=O)N1C[C@@H](C(F)(F)F)[C@H](C(=O)O)C1. The van der Waals surface area contributed by atoms with Crippen LogP contribution in [0.3, 0.4) is 0 Å². The molecule has 1 rings (SSSR count). The van der Waals surface area contributed by atoms with Crippen molar-refractivity contribution >= 4 is 11.9 Å². The molecule has 9 heteroatoms. The number of amides is 1. The van der Waals surface area contributed by atoms with Crippen LogP contribution in [0.1, 0.15) is 6.92 Å². The van der Waals surface area contributed by atoms with Gasteiger partial charge in [0.15, 0.2) is 0 Å². The van der Waals surface area contributed by atoms with Crippen molar-refractivity contribution in [2.24, 2.45) is 11.8 Å². The van der Waals surface area contributed by atoms with Gasteiger partial charge in [-0.2, -0.15) is 13.2 Å². The van der Waals surface area contributed by atoms with Crippen molar-refractivity contribution in [2.45, 2.75) is 13.1 Å². The summed E-state index contributed by atoms with van der Waals surface area (Å²) in [5, 5.41) is 8.83. The standard InChI is InChI=1S/C12H18F3NO5/c1-2-20-3-4-21-7-10(17)16-5-8(11(18)19)9(6-16)12(13,14)15/h8-9H,2-7H2,1H3,(H,18,19)/t8-,9-/m1/s1. The minimum Gasteiger partial charge on any atom is -0.481 e. The summed E-state index contributed by atoms with van der Waals surface area (Å²) in [6.45, 7) is 1.24. The van der Waals surface area contributed by atoms with Gasteiger partial charge in [0.25, 0.3) is 0 Å². The summed E-state index contributed by atoms with van der Waals surface area (Å²) in [4.78, 5) is 23.5. The first-order valence-corrected chi connectivity index (χ1v) is 6.50. The number of hydrogen-bond acceptors (Lipinski definition) is 4. The number of aliphatic carboxylic acids is 1. The first kappa shape index (κ1) is 17.7. The second kappa shape index (κ2) is 7.60. The molecule has 6 nitrogen and oxygen atoms in total. The van der Waals surface area contributed by atoms with E-state index in [0.29, 0.717) is 6.61 Å². The second-order valence-electron chi connectivity index (χ2n) is 4.64. The van der Waals surface area contributed by atoms with Gasteiger partial charge in [0.05, 0.1) is 25.0 Å². The van der Waals surface area contributed by atoms with Gasteiger partial charge in [-0.15, -0.1) is 0 Å². The van der Waals surface area contributed by atoms with Crippen molar-refractivity contribution in [3.8, 4) is 0 Å². The average molecular weight is 313 g/mol. The lowest BCUT2D eigenvalue weighted by Gasteiger charge is -2.18. The Hall–Kier alpha value is -1.35. The number of rotatable bonds is 7. The average Bonchev–Trinajstić information content (AvgIpc) is 2.83. The number of carbonyl (C=O) groups excluding carboxylic acids is 1. The van der Waals surface area contributed by atoms with Crippen molar-refractivity contribution < 1.29 is 37.3 Å². The first-order chi connectivity index (χ1) is 9.77.